The largest absolute Gasteiger partial charge is 0.379 e. The van der Waals surface area contributed by atoms with Gasteiger partial charge in [-0.2, -0.15) is 0 Å². The van der Waals surface area contributed by atoms with Gasteiger partial charge in [-0.3, -0.25) is 19.1 Å². The molecular formula is C22H23ClN4O3. The highest BCUT2D eigenvalue weighted by Crippen LogP contribution is 2.23. The highest BCUT2D eigenvalue weighted by atomic mass is 35.5. The highest BCUT2D eigenvalue weighted by Gasteiger charge is 2.23. The zero-order chi connectivity index (χ0) is 20.9. The molecule has 1 aromatic heterocycles. The smallest absolute Gasteiger partial charge is 0.269 e. The Balaban J connectivity index is 1.49. The standard InChI is InChI=1S/C22H23ClN4O3/c23-17-7-5-16(6-8-17)20(26-9-11-30-12-10-26)13-25-21(28)15-27-19-4-2-1-3-18(19)24-14-22(27)29/h1-8,14,20H,9-13,15H2,(H,25,28). The first kappa shape index (κ1) is 20.5. The van der Waals surface area contributed by atoms with Crippen molar-refractivity contribution in [3.63, 3.8) is 0 Å². The Morgan fingerprint density at radius 3 is 2.63 bits per heavy atom. The van der Waals surface area contributed by atoms with Crippen LogP contribution in [0.25, 0.3) is 11.0 Å². The number of ether oxygens (including phenoxy) is 1. The number of carbonyl (C=O) groups is 1. The predicted octanol–water partition coefficient (Wildman–Crippen LogP) is 2.24. The first-order chi connectivity index (χ1) is 14.6. The van der Waals surface area contributed by atoms with Gasteiger partial charge in [-0.1, -0.05) is 35.9 Å². The van der Waals surface area contributed by atoms with Crippen molar-refractivity contribution < 1.29 is 9.53 Å². The minimum atomic E-state index is -0.300. The van der Waals surface area contributed by atoms with Crippen LogP contribution in [0.1, 0.15) is 11.6 Å². The maximum atomic E-state index is 12.7. The van der Waals surface area contributed by atoms with E-state index in [1.165, 1.54) is 10.8 Å². The third kappa shape index (κ3) is 4.70. The molecule has 0 aliphatic carbocycles. The number of benzene rings is 2. The van der Waals surface area contributed by atoms with E-state index in [2.05, 4.69) is 15.2 Å². The molecule has 1 fully saturated rings. The third-order valence-electron chi connectivity index (χ3n) is 5.29. The molecule has 3 aromatic rings. The summed E-state index contributed by atoms with van der Waals surface area (Å²) in [6.45, 7) is 3.28. The number of halogens is 1. The number of nitrogens with one attached hydrogen (secondary N) is 1. The maximum absolute atomic E-state index is 12.7. The molecule has 1 atom stereocenters. The van der Waals surface area contributed by atoms with Gasteiger partial charge in [0.2, 0.25) is 5.91 Å². The average Bonchev–Trinajstić information content (AvgIpc) is 2.78. The number of carbonyl (C=O) groups excluding carboxylic acids is 1. The molecule has 1 aliphatic heterocycles. The molecule has 30 heavy (non-hydrogen) atoms. The summed E-state index contributed by atoms with van der Waals surface area (Å²) in [6, 6.07) is 15.0. The van der Waals surface area contributed by atoms with Gasteiger partial charge in [-0.15, -0.1) is 0 Å². The van der Waals surface area contributed by atoms with Crippen LogP contribution < -0.4 is 10.9 Å². The monoisotopic (exact) mass is 426 g/mol. The molecule has 1 amide bonds. The third-order valence-corrected chi connectivity index (χ3v) is 5.54. The van der Waals surface area contributed by atoms with Crippen LogP contribution in [-0.2, 0) is 16.1 Å². The summed E-state index contributed by atoms with van der Waals surface area (Å²) in [5.41, 5.74) is 2.10. The van der Waals surface area contributed by atoms with Crippen LogP contribution in [0, 0.1) is 0 Å². The molecule has 0 spiro atoms. The van der Waals surface area contributed by atoms with Gasteiger partial charge in [0, 0.05) is 24.7 Å². The van der Waals surface area contributed by atoms with Crippen LogP contribution in [0.15, 0.2) is 59.5 Å². The van der Waals surface area contributed by atoms with Gasteiger partial charge in [0.1, 0.15) is 6.54 Å². The fraction of sp³-hybridized carbons (Fsp3) is 0.318. The second-order valence-corrected chi connectivity index (χ2v) is 7.63. The molecule has 0 bridgehead atoms. The number of fused-ring (bicyclic) bond motifs is 1. The van der Waals surface area contributed by atoms with Gasteiger partial charge in [0.15, 0.2) is 0 Å². The number of hydrogen-bond donors (Lipinski definition) is 1. The molecule has 156 valence electrons. The van der Waals surface area contributed by atoms with Crippen LogP contribution in [0.5, 0.6) is 0 Å². The van der Waals surface area contributed by atoms with Crippen LogP contribution in [0.3, 0.4) is 0 Å². The molecule has 2 aromatic carbocycles. The Bertz CT molecular complexity index is 1080. The lowest BCUT2D eigenvalue weighted by molar-refractivity contribution is -0.122. The molecule has 1 saturated heterocycles. The maximum Gasteiger partial charge on any atom is 0.269 e. The molecule has 7 nitrogen and oxygen atoms in total. The SMILES string of the molecule is O=C(Cn1c(=O)cnc2ccccc21)NCC(c1ccc(Cl)cc1)N1CCOCC1. The quantitative estimate of drug-likeness (QED) is 0.654. The van der Waals surface area contributed by atoms with Crippen molar-refractivity contribution in [2.75, 3.05) is 32.8 Å². The van der Waals surface area contributed by atoms with Gasteiger partial charge >= 0.3 is 0 Å². The Morgan fingerprint density at radius 1 is 1.13 bits per heavy atom. The summed E-state index contributed by atoms with van der Waals surface area (Å²) < 4.78 is 6.92. The number of amides is 1. The highest BCUT2D eigenvalue weighted by molar-refractivity contribution is 6.30. The van der Waals surface area contributed by atoms with Crippen LogP contribution in [0.2, 0.25) is 5.02 Å². The summed E-state index contributed by atoms with van der Waals surface area (Å²) in [5, 5.41) is 3.67. The molecular weight excluding hydrogens is 404 g/mol. The normalized spacial score (nSPS) is 15.8. The molecule has 2 heterocycles. The van der Waals surface area contributed by atoms with E-state index in [0.29, 0.717) is 35.8 Å². The molecule has 4 rings (SSSR count). The van der Waals surface area contributed by atoms with E-state index in [-0.39, 0.29) is 24.1 Å². The van der Waals surface area contributed by atoms with Crippen molar-refractivity contribution in [2.45, 2.75) is 12.6 Å². The molecule has 8 heteroatoms. The molecule has 1 unspecified atom stereocenters. The second-order valence-electron chi connectivity index (χ2n) is 7.19. The van der Waals surface area contributed by atoms with E-state index in [9.17, 15) is 9.59 Å². The zero-order valence-corrected chi connectivity index (χ0v) is 17.2. The van der Waals surface area contributed by atoms with Crippen molar-refractivity contribution in [3.8, 4) is 0 Å². The Labute approximate surface area is 179 Å². The van der Waals surface area contributed by atoms with Crippen molar-refractivity contribution in [2.24, 2.45) is 0 Å². The Kier molecular flexibility index (Phi) is 6.42. The predicted molar refractivity (Wildman–Crippen MR) is 116 cm³/mol. The molecule has 0 radical (unpaired) electrons. The summed E-state index contributed by atoms with van der Waals surface area (Å²) in [5.74, 6) is -0.222. The molecule has 0 saturated carbocycles. The van der Waals surface area contributed by atoms with E-state index < -0.39 is 0 Å². The van der Waals surface area contributed by atoms with Crippen molar-refractivity contribution >= 4 is 28.5 Å². The van der Waals surface area contributed by atoms with Crippen LogP contribution in [0.4, 0.5) is 0 Å². The number of rotatable bonds is 6. The number of morpholine rings is 1. The topological polar surface area (TPSA) is 76.5 Å². The summed E-state index contributed by atoms with van der Waals surface area (Å²) in [4.78, 5) is 31.4. The van der Waals surface area contributed by atoms with E-state index in [1.807, 2.05) is 42.5 Å². The van der Waals surface area contributed by atoms with Crippen LogP contribution >= 0.6 is 11.6 Å². The van der Waals surface area contributed by atoms with Crippen molar-refractivity contribution in [1.82, 2.24) is 19.8 Å². The van der Waals surface area contributed by atoms with Gasteiger partial charge in [-0.25, -0.2) is 4.98 Å². The number of aromatic nitrogens is 2. The van der Waals surface area contributed by atoms with Gasteiger partial charge in [0.25, 0.3) is 5.56 Å². The first-order valence-electron chi connectivity index (χ1n) is 9.90. The molecule has 1 N–H and O–H groups in total. The van der Waals surface area contributed by atoms with Gasteiger partial charge in [-0.05, 0) is 29.8 Å². The van der Waals surface area contributed by atoms with E-state index in [4.69, 9.17) is 16.3 Å². The lowest BCUT2D eigenvalue weighted by atomic mass is 10.0. The van der Waals surface area contributed by atoms with Crippen molar-refractivity contribution in [3.05, 3.63) is 75.7 Å². The Hall–Kier alpha value is -2.74. The number of para-hydroxylation sites is 2. The van der Waals surface area contributed by atoms with E-state index in [1.54, 1.807) is 6.07 Å². The lowest BCUT2D eigenvalue weighted by Gasteiger charge is -2.35. The lowest BCUT2D eigenvalue weighted by Crippen LogP contribution is -2.44. The Morgan fingerprint density at radius 2 is 1.87 bits per heavy atom. The van der Waals surface area contributed by atoms with Gasteiger partial charge in [0.05, 0.1) is 36.5 Å². The number of hydrogen-bond acceptors (Lipinski definition) is 5. The summed E-state index contributed by atoms with van der Waals surface area (Å²) >= 11 is 6.04. The van der Waals surface area contributed by atoms with Crippen LogP contribution in [-0.4, -0.2) is 53.2 Å². The fourth-order valence-corrected chi connectivity index (χ4v) is 3.85. The first-order valence-corrected chi connectivity index (χ1v) is 10.3. The minimum Gasteiger partial charge on any atom is -0.379 e. The van der Waals surface area contributed by atoms with Gasteiger partial charge < -0.3 is 10.1 Å². The average molecular weight is 427 g/mol. The zero-order valence-electron chi connectivity index (χ0n) is 16.5. The summed E-state index contributed by atoms with van der Waals surface area (Å²) in [7, 11) is 0. The fourth-order valence-electron chi connectivity index (χ4n) is 3.72. The number of nitrogens with zero attached hydrogens (tertiary/aromatic N) is 3. The van der Waals surface area contributed by atoms with Crippen molar-refractivity contribution in [1.29, 1.82) is 0 Å². The minimum absolute atomic E-state index is 0.000947. The summed E-state index contributed by atoms with van der Waals surface area (Å²) in [6.07, 6.45) is 1.25. The molecule has 1 aliphatic rings. The van der Waals surface area contributed by atoms with E-state index >= 15 is 0 Å². The van der Waals surface area contributed by atoms with E-state index in [0.717, 1.165) is 18.7 Å². The second kappa shape index (κ2) is 9.38.